The third-order valence-electron chi connectivity index (χ3n) is 4.30. The number of anilines is 1. The van der Waals surface area contributed by atoms with E-state index in [0.717, 1.165) is 12.1 Å². The van der Waals surface area contributed by atoms with Crippen molar-refractivity contribution in [2.75, 3.05) is 32.9 Å². The number of halogens is 3. The van der Waals surface area contributed by atoms with Crippen LogP contribution < -0.4 is 19.2 Å². The first kappa shape index (κ1) is 20.5. The second-order valence-corrected chi connectivity index (χ2v) is 6.15. The first-order valence-corrected chi connectivity index (χ1v) is 8.72. The molecule has 0 atom stereocenters. The average Bonchev–Trinajstić information content (AvgIpc) is 3.20. The summed E-state index contributed by atoms with van der Waals surface area (Å²) in [5.74, 6) is 1.97. The fourth-order valence-electron chi connectivity index (χ4n) is 2.89. The molecule has 0 spiro atoms. The van der Waals surface area contributed by atoms with Gasteiger partial charge >= 0.3 is 6.18 Å². The Bertz CT molecular complexity index is 917. The van der Waals surface area contributed by atoms with Gasteiger partial charge in [0.15, 0.2) is 17.3 Å². The molecule has 154 valence electrons. The number of hydrazone groups is 1. The van der Waals surface area contributed by atoms with E-state index in [4.69, 9.17) is 14.2 Å². The Kier molecular flexibility index (Phi) is 5.95. The summed E-state index contributed by atoms with van der Waals surface area (Å²) in [5.41, 5.74) is 0.372. The summed E-state index contributed by atoms with van der Waals surface area (Å²) in [7, 11) is 4.56. The van der Waals surface area contributed by atoms with Gasteiger partial charge in [-0.2, -0.15) is 18.3 Å². The van der Waals surface area contributed by atoms with Crippen LogP contribution in [0.25, 0.3) is 0 Å². The fraction of sp³-hybridized carbons (Fsp3) is 0.300. The molecular weight excluding hydrogens is 387 g/mol. The van der Waals surface area contributed by atoms with Gasteiger partial charge in [0.25, 0.3) is 0 Å². The maximum atomic E-state index is 12.9. The summed E-state index contributed by atoms with van der Waals surface area (Å²) < 4.78 is 54.6. The van der Waals surface area contributed by atoms with Gasteiger partial charge in [-0.25, -0.2) is 4.99 Å². The normalized spacial score (nSPS) is 14.3. The first-order chi connectivity index (χ1) is 13.9. The minimum atomic E-state index is -4.40. The topological polar surface area (TPSA) is 55.7 Å². The van der Waals surface area contributed by atoms with E-state index in [1.165, 1.54) is 32.4 Å². The zero-order chi connectivity index (χ0) is 21.0. The SMILES string of the molecule is COc1cc(C=NC2=NN(c3cccc(C(F)(F)F)c3)CC2)cc(OC)c1OC. The molecule has 6 nitrogen and oxygen atoms in total. The van der Waals surface area contributed by atoms with E-state index in [1.807, 2.05) is 0 Å². The molecule has 0 saturated carbocycles. The van der Waals surface area contributed by atoms with Crippen molar-refractivity contribution in [3.8, 4) is 17.2 Å². The van der Waals surface area contributed by atoms with E-state index in [0.29, 0.717) is 47.3 Å². The lowest BCUT2D eigenvalue weighted by Gasteiger charge is -2.15. The molecular formula is C20H20F3N3O3. The largest absolute Gasteiger partial charge is 0.493 e. The molecule has 0 fully saturated rings. The minimum absolute atomic E-state index is 0.373. The predicted molar refractivity (Wildman–Crippen MR) is 105 cm³/mol. The van der Waals surface area contributed by atoms with E-state index in [2.05, 4.69) is 10.1 Å². The third kappa shape index (κ3) is 4.61. The number of nitrogens with zero attached hydrogens (tertiary/aromatic N) is 3. The van der Waals surface area contributed by atoms with Crippen LogP contribution in [0.5, 0.6) is 17.2 Å². The molecule has 1 heterocycles. The zero-order valence-electron chi connectivity index (χ0n) is 16.2. The Morgan fingerprint density at radius 3 is 2.31 bits per heavy atom. The molecule has 29 heavy (non-hydrogen) atoms. The molecule has 1 aliphatic rings. The first-order valence-electron chi connectivity index (χ1n) is 8.72. The number of hydrogen-bond donors (Lipinski definition) is 0. The van der Waals surface area contributed by atoms with Crippen LogP contribution in [-0.2, 0) is 6.18 Å². The standard InChI is InChI=1S/C20H20F3N3O3/c1-27-16-9-13(10-17(28-2)19(16)29-3)12-24-18-7-8-26(25-18)15-6-4-5-14(11-15)20(21,22)23/h4-6,9-12H,7-8H2,1-3H3. The van der Waals surface area contributed by atoms with Gasteiger partial charge in [-0.3, -0.25) is 5.01 Å². The number of hydrogen-bond acceptors (Lipinski definition) is 6. The second kappa shape index (κ2) is 8.42. The molecule has 0 aromatic heterocycles. The highest BCUT2D eigenvalue weighted by atomic mass is 19.4. The van der Waals surface area contributed by atoms with E-state index in [1.54, 1.807) is 24.4 Å². The summed E-state index contributed by atoms with van der Waals surface area (Å²) >= 11 is 0. The minimum Gasteiger partial charge on any atom is -0.493 e. The van der Waals surface area contributed by atoms with Crippen LogP contribution in [0, 0.1) is 0 Å². The summed E-state index contributed by atoms with van der Waals surface area (Å²) in [6, 6.07) is 8.55. The van der Waals surface area contributed by atoms with Gasteiger partial charge in [0, 0.05) is 24.7 Å². The molecule has 2 aromatic rings. The third-order valence-corrected chi connectivity index (χ3v) is 4.30. The van der Waals surface area contributed by atoms with Gasteiger partial charge in [0.1, 0.15) is 0 Å². The quantitative estimate of drug-likeness (QED) is 0.691. The molecule has 0 amide bonds. The molecule has 3 rings (SSSR count). The van der Waals surface area contributed by atoms with Crippen molar-refractivity contribution in [3.63, 3.8) is 0 Å². The van der Waals surface area contributed by atoms with Crippen LogP contribution in [0.1, 0.15) is 17.5 Å². The summed E-state index contributed by atoms with van der Waals surface area (Å²) in [6.07, 6.45) is -2.29. The van der Waals surface area contributed by atoms with Gasteiger partial charge in [-0.1, -0.05) is 6.07 Å². The van der Waals surface area contributed by atoms with E-state index in [9.17, 15) is 13.2 Å². The van der Waals surface area contributed by atoms with Crippen LogP contribution in [-0.4, -0.2) is 39.9 Å². The average molecular weight is 407 g/mol. The highest BCUT2D eigenvalue weighted by molar-refractivity contribution is 5.97. The van der Waals surface area contributed by atoms with Crippen molar-refractivity contribution < 1.29 is 27.4 Å². The molecule has 9 heteroatoms. The summed E-state index contributed by atoms with van der Waals surface area (Å²) in [6.45, 7) is 0.448. The van der Waals surface area contributed by atoms with Crippen LogP contribution >= 0.6 is 0 Å². The number of rotatable bonds is 5. The van der Waals surface area contributed by atoms with Crippen LogP contribution in [0.4, 0.5) is 18.9 Å². The molecule has 2 aromatic carbocycles. The molecule has 0 N–H and O–H groups in total. The second-order valence-electron chi connectivity index (χ2n) is 6.15. The number of aliphatic imine (C=N–C) groups is 1. The van der Waals surface area contributed by atoms with Crippen molar-refractivity contribution in [1.82, 2.24) is 0 Å². The molecule has 0 saturated heterocycles. The highest BCUT2D eigenvalue weighted by Crippen LogP contribution is 2.38. The van der Waals surface area contributed by atoms with Crippen molar-refractivity contribution in [1.29, 1.82) is 0 Å². The maximum Gasteiger partial charge on any atom is 0.416 e. The summed E-state index contributed by atoms with van der Waals surface area (Å²) in [5, 5.41) is 5.82. The smallest absolute Gasteiger partial charge is 0.416 e. The molecule has 0 bridgehead atoms. The van der Waals surface area contributed by atoms with Gasteiger partial charge in [-0.05, 0) is 30.3 Å². The Labute approximate surface area is 166 Å². The highest BCUT2D eigenvalue weighted by Gasteiger charge is 2.31. The Morgan fingerprint density at radius 2 is 1.72 bits per heavy atom. The van der Waals surface area contributed by atoms with Crippen molar-refractivity contribution in [2.45, 2.75) is 12.6 Å². The predicted octanol–water partition coefficient (Wildman–Crippen LogP) is 4.37. The van der Waals surface area contributed by atoms with Crippen molar-refractivity contribution in [3.05, 3.63) is 47.5 Å². The monoisotopic (exact) mass is 407 g/mol. The molecule has 1 aliphatic heterocycles. The van der Waals surface area contributed by atoms with E-state index < -0.39 is 11.7 Å². The maximum absolute atomic E-state index is 12.9. The lowest BCUT2D eigenvalue weighted by Crippen LogP contribution is -2.13. The lowest BCUT2D eigenvalue weighted by molar-refractivity contribution is -0.137. The molecule has 0 unspecified atom stereocenters. The fourth-order valence-corrected chi connectivity index (χ4v) is 2.89. The van der Waals surface area contributed by atoms with Gasteiger partial charge < -0.3 is 14.2 Å². The number of ether oxygens (including phenoxy) is 3. The number of benzene rings is 2. The number of amidine groups is 1. The number of methoxy groups -OCH3 is 3. The van der Waals surface area contributed by atoms with Crippen molar-refractivity contribution >= 4 is 17.7 Å². The van der Waals surface area contributed by atoms with E-state index >= 15 is 0 Å². The summed E-state index contributed by atoms with van der Waals surface area (Å²) in [4.78, 5) is 4.36. The zero-order valence-corrected chi connectivity index (χ0v) is 16.2. The Hall–Kier alpha value is -3.23. The van der Waals surface area contributed by atoms with Crippen LogP contribution in [0.2, 0.25) is 0 Å². The number of alkyl halides is 3. The van der Waals surface area contributed by atoms with Crippen LogP contribution in [0.15, 0.2) is 46.5 Å². The molecule has 0 aliphatic carbocycles. The van der Waals surface area contributed by atoms with Crippen LogP contribution in [0.3, 0.4) is 0 Å². The molecule has 0 radical (unpaired) electrons. The van der Waals surface area contributed by atoms with Gasteiger partial charge in [-0.15, -0.1) is 0 Å². The Balaban J connectivity index is 1.81. The van der Waals surface area contributed by atoms with Gasteiger partial charge in [0.05, 0.1) is 32.6 Å². The lowest BCUT2D eigenvalue weighted by atomic mass is 10.2. The van der Waals surface area contributed by atoms with Crippen molar-refractivity contribution in [2.24, 2.45) is 10.1 Å². The van der Waals surface area contributed by atoms with Gasteiger partial charge in [0.2, 0.25) is 5.75 Å². The Morgan fingerprint density at radius 1 is 1.03 bits per heavy atom. The van der Waals surface area contributed by atoms with E-state index in [-0.39, 0.29) is 0 Å².